The van der Waals surface area contributed by atoms with E-state index in [0.29, 0.717) is 13.1 Å². The molecule has 12 nitrogen and oxygen atoms in total. The minimum absolute atomic E-state index is 0.107. The number of hydrogen-bond donors (Lipinski definition) is 4. The third kappa shape index (κ3) is 9.57. The first kappa shape index (κ1) is 34.5. The Kier molecular flexibility index (Phi) is 12.8. The van der Waals surface area contributed by atoms with E-state index in [9.17, 15) is 9.59 Å². The summed E-state index contributed by atoms with van der Waals surface area (Å²) in [7, 11) is 1.86. The van der Waals surface area contributed by atoms with Gasteiger partial charge in [0.1, 0.15) is 12.0 Å². The fourth-order valence-corrected chi connectivity index (χ4v) is 5.21. The van der Waals surface area contributed by atoms with Crippen molar-refractivity contribution in [2.45, 2.75) is 40.0 Å². The molecule has 0 unspecified atom stereocenters. The van der Waals surface area contributed by atoms with Crippen LogP contribution in [0.5, 0.6) is 0 Å². The molecule has 3 aromatic heterocycles. The van der Waals surface area contributed by atoms with Gasteiger partial charge in [-0.25, -0.2) is 9.98 Å². The Balaban J connectivity index is 0.000000211. The molecule has 246 valence electrons. The van der Waals surface area contributed by atoms with Gasteiger partial charge in [-0.3, -0.25) is 24.3 Å². The third-order valence-electron chi connectivity index (χ3n) is 7.54. The van der Waals surface area contributed by atoms with Crippen molar-refractivity contribution in [3.8, 4) is 22.6 Å². The zero-order valence-electron chi connectivity index (χ0n) is 27.5. The van der Waals surface area contributed by atoms with Crippen molar-refractivity contribution in [1.29, 1.82) is 0 Å². The number of nitrogens with one attached hydrogen (secondary N) is 3. The molecule has 2 aromatic carbocycles. The molecule has 4 heterocycles. The summed E-state index contributed by atoms with van der Waals surface area (Å²) in [5, 5.41) is 15.5. The van der Waals surface area contributed by atoms with Gasteiger partial charge in [-0.15, -0.1) is 0 Å². The SMILES string of the molecule is CC.CC/C(=C\CNC(=O)CN1CCCC1)c1ccc(-c2ncn(C)n2)cc1.NC=Nc1ccc2[nH]nc(-c3ccc(=O)[nH]c3)c2c1. The van der Waals surface area contributed by atoms with E-state index >= 15 is 0 Å². The minimum atomic E-state index is -0.142. The number of aromatic amines is 2. The lowest BCUT2D eigenvalue weighted by molar-refractivity contribution is -0.121. The third-order valence-corrected chi connectivity index (χ3v) is 7.54. The minimum Gasteiger partial charge on any atom is -0.390 e. The monoisotopic (exact) mass is 636 g/mol. The second-order valence-electron chi connectivity index (χ2n) is 10.7. The Morgan fingerprint density at radius 2 is 1.81 bits per heavy atom. The highest BCUT2D eigenvalue weighted by Gasteiger charge is 2.14. The molecule has 5 aromatic rings. The fourth-order valence-electron chi connectivity index (χ4n) is 5.21. The number of carbonyl (C=O) groups is 1. The topological polar surface area (TPSA) is 163 Å². The number of nitrogens with zero attached hydrogens (tertiary/aromatic N) is 6. The molecule has 1 aliphatic rings. The number of fused-ring (bicyclic) bond motifs is 1. The quantitative estimate of drug-likeness (QED) is 0.130. The number of aliphatic imine (C=N–C) groups is 1. The lowest BCUT2D eigenvalue weighted by atomic mass is 10.0. The summed E-state index contributed by atoms with van der Waals surface area (Å²) in [5.74, 6) is 0.838. The zero-order chi connectivity index (χ0) is 33.6. The van der Waals surface area contributed by atoms with Crippen molar-refractivity contribution in [2.75, 3.05) is 26.2 Å². The molecule has 1 amide bonds. The van der Waals surface area contributed by atoms with Gasteiger partial charge in [0.2, 0.25) is 11.5 Å². The summed E-state index contributed by atoms with van der Waals surface area (Å²) >= 11 is 0. The van der Waals surface area contributed by atoms with E-state index in [1.54, 1.807) is 23.3 Å². The highest BCUT2D eigenvalue weighted by atomic mass is 16.2. The van der Waals surface area contributed by atoms with Crippen LogP contribution in [0.15, 0.2) is 83.0 Å². The lowest BCUT2D eigenvalue weighted by Crippen LogP contribution is -2.35. The molecule has 0 saturated carbocycles. The van der Waals surface area contributed by atoms with Gasteiger partial charge in [-0.1, -0.05) is 51.1 Å². The Morgan fingerprint density at radius 3 is 2.45 bits per heavy atom. The van der Waals surface area contributed by atoms with Gasteiger partial charge in [0.25, 0.3) is 0 Å². The van der Waals surface area contributed by atoms with Crippen molar-refractivity contribution < 1.29 is 4.79 Å². The number of aryl methyl sites for hydroxylation is 1. The van der Waals surface area contributed by atoms with Gasteiger partial charge >= 0.3 is 0 Å². The predicted octanol–water partition coefficient (Wildman–Crippen LogP) is 5.05. The first-order chi connectivity index (χ1) is 22.9. The number of nitrogens with two attached hydrogens (primary N) is 1. The summed E-state index contributed by atoms with van der Waals surface area (Å²) in [6.07, 6.45) is 10.0. The van der Waals surface area contributed by atoms with Gasteiger partial charge < -0.3 is 16.0 Å². The molecule has 5 N–H and O–H groups in total. The van der Waals surface area contributed by atoms with Crippen LogP contribution in [0.25, 0.3) is 39.1 Å². The van der Waals surface area contributed by atoms with Crippen molar-refractivity contribution >= 4 is 34.4 Å². The predicted molar refractivity (Wildman–Crippen MR) is 189 cm³/mol. The van der Waals surface area contributed by atoms with E-state index in [2.05, 4.69) is 65.6 Å². The lowest BCUT2D eigenvalue weighted by Gasteiger charge is -2.13. The maximum absolute atomic E-state index is 12.0. The normalized spacial score (nSPS) is 13.2. The van der Waals surface area contributed by atoms with Crippen LogP contribution in [0.4, 0.5) is 5.69 Å². The molecule has 6 rings (SSSR count). The van der Waals surface area contributed by atoms with Crippen LogP contribution >= 0.6 is 0 Å². The number of amides is 1. The molecule has 0 aliphatic carbocycles. The van der Waals surface area contributed by atoms with Crippen LogP contribution in [0.1, 0.15) is 45.6 Å². The molecular formula is C35H44N10O2. The van der Waals surface area contributed by atoms with E-state index in [1.807, 2.05) is 51.2 Å². The van der Waals surface area contributed by atoms with E-state index < -0.39 is 0 Å². The van der Waals surface area contributed by atoms with Gasteiger partial charge in [0.05, 0.1) is 24.1 Å². The van der Waals surface area contributed by atoms with Crippen LogP contribution in [0, 0.1) is 0 Å². The molecule has 12 heteroatoms. The van der Waals surface area contributed by atoms with Crippen LogP contribution in [0.2, 0.25) is 0 Å². The number of pyridine rings is 1. The molecule has 0 bridgehead atoms. The number of hydrogen-bond acceptors (Lipinski definition) is 7. The summed E-state index contributed by atoms with van der Waals surface area (Å²) in [5.41, 5.74) is 11.8. The van der Waals surface area contributed by atoms with E-state index in [0.717, 1.165) is 58.7 Å². The Labute approximate surface area is 274 Å². The summed E-state index contributed by atoms with van der Waals surface area (Å²) in [6.45, 7) is 9.30. The van der Waals surface area contributed by atoms with E-state index in [4.69, 9.17) is 5.73 Å². The number of aromatic nitrogens is 6. The van der Waals surface area contributed by atoms with Crippen molar-refractivity contribution in [3.05, 3.63) is 89.1 Å². The molecule has 47 heavy (non-hydrogen) atoms. The highest BCUT2D eigenvalue weighted by Crippen LogP contribution is 2.28. The van der Waals surface area contributed by atoms with E-state index in [-0.39, 0.29) is 11.5 Å². The van der Waals surface area contributed by atoms with Crippen molar-refractivity contribution in [3.63, 3.8) is 0 Å². The zero-order valence-corrected chi connectivity index (χ0v) is 27.5. The number of likely N-dealkylation sites (tertiary alicyclic amines) is 1. The molecule has 1 fully saturated rings. The molecule has 1 aliphatic heterocycles. The number of benzene rings is 2. The summed E-state index contributed by atoms with van der Waals surface area (Å²) < 4.78 is 1.70. The Hall–Kier alpha value is -5.36. The van der Waals surface area contributed by atoms with E-state index in [1.165, 1.54) is 36.4 Å². The smallest absolute Gasteiger partial charge is 0.247 e. The maximum atomic E-state index is 12.0. The van der Waals surface area contributed by atoms with Crippen LogP contribution < -0.4 is 16.6 Å². The highest BCUT2D eigenvalue weighted by molar-refractivity contribution is 5.94. The average Bonchev–Trinajstić information content (AvgIpc) is 3.87. The van der Waals surface area contributed by atoms with Gasteiger partial charge in [0, 0.05) is 42.4 Å². The van der Waals surface area contributed by atoms with Gasteiger partial charge in [-0.05, 0) is 67.8 Å². The molecule has 0 spiro atoms. The first-order valence-corrected chi connectivity index (χ1v) is 16.0. The summed E-state index contributed by atoms with van der Waals surface area (Å²) in [6, 6.07) is 17.1. The average molecular weight is 637 g/mol. The summed E-state index contributed by atoms with van der Waals surface area (Å²) in [4.78, 5) is 36.3. The molecular weight excluding hydrogens is 592 g/mol. The number of H-pyrrole nitrogens is 2. The second-order valence-corrected chi connectivity index (χ2v) is 10.7. The second kappa shape index (κ2) is 17.4. The van der Waals surface area contributed by atoms with Crippen LogP contribution in [-0.4, -0.2) is 73.3 Å². The molecule has 1 saturated heterocycles. The Morgan fingerprint density at radius 1 is 1.06 bits per heavy atom. The Bertz CT molecular complexity index is 1820. The van der Waals surface area contributed by atoms with Gasteiger partial charge in [-0.2, -0.15) is 10.2 Å². The molecule has 0 atom stereocenters. The number of carbonyl (C=O) groups excluding carboxylic acids is 1. The largest absolute Gasteiger partial charge is 0.390 e. The van der Waals surface area contributed by atoms with Crippen molar-refractivity contribution in [1.82, 2.24) is 40.2 Å². The molecule has 0 radical (unpaired) electrons. The number of allylic oxidation sites excluding steroid dienone is 1. The van der Waals surface area contributed by atoms with Crippen LogP contribution in [0.3, 0.4) is 0 Å². The first-order valence-electron chi connectivity index (χ1n) is 16.0. The standard InChI is InChI=1S/C20H27N5O.C13H11N5O.C2H6/c1-3-16(10-11-21-19(26)14-25-12-4-5-13-25)17-6-8-18(9-7-17)20-22-15-24(2)23-20;14-7-16-9-2-3-11-10(5-9)13(18-17-11)8-1-4-12(19)15-6-8;1-2/h6-10,15H,3-5,11-14H2,1-2H3,(H,21,26);1-7H,(H2,14,16)(H,15,19)(H,17,18);1-2H3/b16-10+;;. The number of rotatable bonds is 9. The van der Waals surface area contributed by atoms with Gasteiger partial charge in [0.15, 0.2) is 5.82 Å². The van der Waals surface area contributed by atoms with Crippen molar-refractivity contribution in [2.24, 2.45) is 17.8 Å². The maximum Gasteiger partial charge on any atom is 0.247 e. The fraction of sp³-hybridized carbons (Fsp3) is 0.314. The van der Waals surface area contributed by atoms with Crippen LogP contribution in [-0.2, 0) is 11.8 Å².